The van der Waals surface area contributed by atoms with Crippen LogP contribution in [-0.4, -0.2) is 31.1 Å². The molecule has 1 aromatic rings. The maximum atomic E-state index is 12.4. The summed E-state index contributed by atoms with van der Waals surface area (Å²) >= 11 is 0. The predicted octanol–water partition coefficient (Wildman–Crippen LogP) is 2.57. The molecule has 94 valence electrons. The lowest BCUT2D eigenvalue weighted by Gasteiger charge is -2.32. The fourth-order valence-electron chi connectivity index (χ4n) is 2.42. The lowest BCUT2D eigenvalue weighted by atomic mass is 9.93. The lowest BCUT2D eigenvalue weighted by molar-refractivity contribution is 0.0522. The van der Waals surface area contributed by atoms with Crippen LogP contribution in [0.15, 0.2) is 18.2 Å². The van der Waals surface area contributed by atoms with Crippen LogP contribution < -0.4 is 0 Å². The first-order valence-corrected chi connectivity index (χ1v) is 5.85. The van der Waals surface area contributed by atoms with Crippen LogP contribution in [0.25, 0.3) is 4.85 Å². The average molecular weight is 244 g/mol. The molecule has 1 amide bonds. The molecule has 0 aromatic heterocycles. The summed E-state index contributed by atoms with van der Waals surface area (Å²) in [5.74, 6) is -0.0162. The van der Waals surface area contributed by atoms with Crippen molar-refractivity contribution in [2.45, 2.75) is 19.4 Å². The first kappa shape index (κ1) is 12.6. The van der Waals surface area contributed by atoms with E-state index in [2.05, 4.69) is 4.85 Å². The van der Waals surface area contributed by atoms with Crippen molar-refractivity contribution in [2.24, 2.45) is 0 Å². The minimum atomic E-state index is -0.342. The highest BCUT2D eigenvalue weighted by atomic mass is 16.5. The van der Waals surface area contributed by atoms with Crippen LogP contribution in [0.1, 0.15) is 29.8 Å². The Labute approximate surface area is 107 Å². The molecule has 0 aliphatic carbocycles. The standard InChI is InChI=1S/C14H16N2O2/c1-14(2)12-6-5-10(15-3)9-11(12)13(17)16(14)7-8-18-4/h5-6,9H,7-8H2,1-2,4H3. The Hall–Kier alpha value is -1.86. The molecule has 0 saturated heterocycles. The topological polar surface area (TPSA) is 33.9 Å². The number of hydrogen-bond acceptors (Lipinski definition) is 2. The van der Waals surface area contributed by atoms with E-state index in [0.29, 0.717) is 24.4 Å². The van der Waals surface area contributed by atoms with Crippen molar-refractivity contribution in [1.29, 1.82) is 0 Å². The normalized spacial score (nSPS) is 16.6. The SMILES string of the molecule is [C-]#[N+]c1ccc2c(c1)C(=O)N(CCOC)C2(C)C. The van der Waals surface area contributed by atoms with Gasteiger partial charge in [0, 0.05) is 19.2 Å². The summed E-state index contributed by atoms with van der Waals surface area (Å²) in [4.78, 5) is 17.5. The minimum Gasteiger partial charge on any atom is -0.383 e. The van der Waals surface area contributed by atoms with E-state index in [1.54, 1.807) is 24.1 Å². The van der Waals surface area contributed by atoms with Gasteiger partial charge in [-0.2, -0.15) is 0 Å². The van der Waals surface area contributed by atoms with Crippen LogP contribution in [0.2, 0.25) is 0 Å². The Kier molecular flexibility index (Phi) is 3.10. The van der Waals surface area contributed by atoms with Crippen LogP contribution in [0.5, 0.6) is 0 Å². The lowest BCUT2D eigenvalue weighted by Crippen LogP contribution is -2.41. The Morgan fingerprint density at radius 1 is 1.44 bits per heavy atom. The molecule has 18 heavy (non-hydrogen) atoms. The highest BCUT2D eigenvalue weighted by molar-refractivity contribution is 6.00. The fraction of sp³-hybridized carbons (Fsp3) is 0.429. The molecule has 0 saturated carbocycles. The van der Waals surface area contributed by atoms with Crippen LogP contribution in [0.4, 0.5) is 5.69 Å². The molecule has 1 heterocycles. The van der Waals surface area contributed by atoms with Gasteiger partial charge in [-0.25, -0.2) is 4.85 Å². The van der Waals surface area contributed by atoms with Gasteiger partial charge >= 0.3 is 0 Å². The zero-order valence-electron chi connectivity index (χ0n) is 10.9. The molecule has 0 bridgehead atoms. The molecule has 4 heteroatoms. The van der Waals surface area contributed by atoms with E-state index in [9.17, 15) is 4.79 Å². The first-order valence-electron chi connectivity index (χ1n) is 5.85. The number of fused-ring (bicyclic) bond motifs is 1. The molecule has 2 rings (SSSR count). The van der Waals surface area contributed by atoms with Crippen molar-refractivity contribution < 1.29 is 9.53 Å². The van der Waals surface area contributed by atoms with Crippen molar-refractivity contribution >= 4 is 11.6 Å². The maximum absolute atomic E-state index is 12.4. The number of carbonyl (C=O) groups excluding carboxylic acids is 1. The zero-order chi connectivity index (χ0) is 13.3. The van der Waals surface area contributed by atoms with Gasteiger partial charge in [0.05, 0.1) is 18.7 Å². The molecule has 1 aliphatic heterocycles. The second-order valence-electron chi connectivity index (χ2n) is 4.85. The predicted molar refractivity (Wildman–Crippen MR) is 68.6 cm³/mol. The quantitative estimate of drug-likeness (QED) is 0.766. The number of nitrogens with zero attached hydrogens (tertiary/aromatic N) is 2. The third-order valence-corrected chi connectivity index (χ3v) is 3.46. The summed E-state index contributed by atoms with van der Waals surface area (Å²) in [5, 5.41) is 0. The minimum absolute atomic E-state index is 0.0162. The van der Waals surface area contributed by atoms with Gasteiger partial charge in [0.2, 0.25) is 0 Å². The largest absolute Gasteiger partial charge is 0.383 e. The molecule has 1 aromatic carbocycles. The summed E-state index contributed by atoms with van der Waals surface area (Å²) in [7, 11) is 1.62. The highest BCUT2D eigenvalue weighted by Crippen LogP contribution is 2.39. The van der Waals surface area contributed by atoms with Crippen molar-refractivity contribution in [1.82, 2.24) is 4.90 Å². The average Bonchev–Trinajstić information content (AvgIpc) is 2.55. The third-order valence-electron chi connectivity index (χ3n) is 3.46. The van der Waals surface area contributed by atoms with E-state index in [-0.39, 0.29) is 11.4 Å². The third kappa shape index (κ3) is 1.77. The van der Waals surface area contributed by atoms with Gasteiger partial charge in [0.15, 0.2) is 5.69 Å². The van der Waals surface area contributed by atoms with E-state index in [1.165, 1.54) is 0 Å². The van der Waals surface area contributed by atoms with Gasteiger partial charge in [-0.05, 0) is 25.5 Å². The van der Waals surface area contributed by atoms with Crippen molar-refractivity contribution in [2.75, 3.05) is 20.3 Å². The molecule has 0 unspecified atom stereocenters. The molecule has 0 fully saturated rings. The van der Waals surface area contributed by atoms with Gasteiger partial charge < -0.3 is 9.64 Å². The van der Waals surface area contributed by atoms with Crippen molar-refractivity contribution in [3.8, 4) is 0 Å². The summed E-state index contributed by atoms with van der Waals surface area (Å²) in [6.07, 6.45) is 0. The van der Waals surface area contributed by atoms with E-state index in [1.807, 2.05) is 19.9 Å². The van der Waals surface area contributed by atoms with Gasteiger partial charge in [0.25, 0.3) is 5.91 Å². The second kappa shape index (κ2) is 4.43. The first-order chi connectivity index (χ1) is 8.52. The number of amides is 1. The Morgan fingerprint density at radius 2 is 2.17 bits per heavy atom. The zero-order valence-corrected chi connectivity index (χ0v) is 10.9. The van der Waals surface area contributed by atoms with Crippen LogP contribution in [0.3, 0.4) is 0 Å². The molecule has 1 aliphatic rings. The molecular weight excluding hydrogens is 228 g/mol. The number of rotatable bonds is 3. The van der Waals surface area contributed by atoms with Gasteiger partial charge in [-0.15, -0.1) is 0 Å². The summed E-state index contributed by atoms with van der Waals surface area (Å²) in [6.45, 7) is 12.1. The van der Waals surface area contributed by atoms with E-state index in [4.69, 9.17) is 11.3 Å². The number of carbonyl (C=O) groups is 1. The Bertz CT molecular complexity index is 529. The number of hydrogen-bond donors (Lipinski definition) is 0. The summed E-state index contributed by atoms with van der Waals surface area (Å²) in [6, 6.07) is 5.33. The van der Waals surface area contributed by atoms with E-state index >= 15 is 0 Å². The molecule has 4 nitrogen and oxygen atoms in total. The monoisotopic (exact) mass is 244 g/mol. The summed E-state index contributed by atoms with van der Waals surface area (Å²) in [5.41, 5.74) is 1.79. The molecule has 0 atom stereocenters. The summed E-state index contributed by atoms with van der Waals surface area (Å²) < 4.78 is 5.05. The van der Waals surface area contributed by atoms with Crippen LogP contribution >= 0.6 is 0 Å². The molecule has 0 spiro atoms. The van der Waals surface area contributed by atoms with Gasteiger partial charge in [0.1, 0.15) is 0 Å². The highest BCUT2D eigenvalue weighted by Gasteiger charge is 2.42. The van der Waals surface area contributed by atoms with Crippen LogP contribution in [-0.2, 0) is 10.3 Å². The molecular formula is C14H16N2O2. The molecule has 0 N–H and O–H groups in total. The van der Waals surface area contributed by atoms with Crippen molar-refractivity contribution in [3.05, 3.63) is 40.7 Å². The van der Waals surface area contributed by atoms with E-state index < -0.39 is 0 Å². The van der Waals surface area contributed by atoms with Gasteiger partial charge in [-0.3, -0.25) is 4.79 Å². The van der Waals surface area contributed by atoms with Gasteiger partial charge in [-0.1, -0.05) is 12.1 Å². The Balaban J connectivity index is 2.44. The smallest absolute Gasteiger partial charge is 0.253 e. The maximum Gasteiger partial charge on any atom is 0.253 e. The number of ether oxygens (including phenoxy) is 1. The number of benzene rings is 1. The second-order valence-corrected chi connectivity index (χ2v) is 4.85. The Morgan fingerprint density at radius 3 is 2.78 bits per heavy atom. The fourth-order valence-corrected chi connectivity index (χ4v) is 2.42. The molecule has 0 radical (unpaired) electrons. The number of methoxy groups -OCH3 is 1. The van der Waals surface area contributed by atoms with Crippen LogP contribution in [0, 0.1) is 6.57 Å². The van der Waals surface area contributed by atoms with E-state index in [0.717, 1.165) is 5.56 Å². The van der Waals surface area contributed by atoms with Crippen molar-refractivity contribution in [3.63, 3.8) is 0 Å².